The van der Waals surface area contributed by atoms with E-state index < -0.39 is 0 Å². The second-order valence-corrected chi connectivity index (χ2v) is 4.83. The van der Waals surface area contributed by atoms with Crippen molar-refractivity contribution >= 4 is 5.69 Å². The van der Waals surface area contributed by atoms with Gasteiger partial charge >= 0.3 is 0 Å². The number of hydrogen-bond acceptors (Lipinski definition) is 3. The Labute approximate surface area is 101 Å². The van der Waals surface area contributed by atoms with Gasteiger partial charge in [0.25, 0.3) is 5.69 Å². The molecule has 0 heterocycles. The average Bonchev–Trinajstić information content (AvgIpc) is 3.11. The van der Waals surface area contributed by atoms with Gasteiger partial charge in [-0.3, -0.25) is 10.1 Å². The Bertz CT molecular complexity index is 427. The molecule has 0 amide bonds. The van der Waals surface area contributed by atoms with E-state index >= 15 is 0 Å². The Balaban J connectivity index is 2.21. The van der Waals surface area contributed by atoms with Crippen molar-refractivity contribution in [1.82, 2.24) is 5.32 Å². The summed E-state index contributed by atoms with van der Waals surface area (Å²) in [4.78, 5) is 10.7. The summed E-state index contributed by atoms with van der Waals surface area (Å²) in [7, 11) is 1.93. The van der Waals surface area contributed by atoms with Gasteiger partial charge in [0.2, 0.25) is 0 Å². The number of aryl methyl sites for hydroxylation is 1. The molecule has 4 heteroatoms. The number of nitrogens with one attached hydrogen (secondary N) is 1. The van der Waals surface area contributed by atoms with E-state index in [4.69, 9.17) is 0 Å². The molecule has 1 aromatic rings. The third-order valence-corrected chi connectivity index (χ3v) is 3.44. The van der Waals surface area contributed by atoms with E-state index in [1.807, 2.05) is 26.1 Å². The Morgan fingerprint density at radius 3 is 2.76 bits per heavy atom. The number of nitrogens with zero attached hydrogens (tertiary/aromatic N) is 1. The molecule has 92 valence electrons. The zero-order valence-corrected chi connectivity index (χ0v) is 10.3. The molecule has 0 saturated heterocycles. The van der Waals surface area contributed by atoms with Crippen LogP contribution in [-0.4, -0.2) is 18.0 Å². The fourth-order valence-corrected chi connectivity index (χ4v) is 2.26. The van der Waals surface area contributed by atoms with Crippen molar-refractivity contribution in [2.75, 3.05) is 7.05 Å². The standard InChI is InChI=1S/C13H18N2O2/c1-9-3-4-11(13(7-9)15(16)17)8-12(14-2)10-5-6-10/h3-4,7,10,12,14H,5-6,8H2,1-2H3. The van der Waals surface area contributed by atoms with E-state index in [-0.39, 0.29) is 10.6 Å². The predicted octanol–water partition coefficient (Wildman–Crippen LogP) is 2.44. The Morgan fingerprint density at radius 2 is 2.24 bits per heavy atom. The van der Waals surface area contributed by atoms with Crippen molar-refractivity contribution in [3.63, 3.8) is 0 Å². The Hall–Kier alpha value is -1.42. The maximum atomic E-state index is 11.0. The third kappa shape index (κ3) is 2.82. The largest absolute Gasteiger partial charge is 0.316 e. The van der Waals surface area contributed by atoms with E-state index in [1.54, 1.807) is 6.07 Å². The SMILES string of the molecule is CNC(Cc1ccc(C)cc1[N+](=O)[O-])C1CC1. The molecule has 1 aromatic carbocycles. The number of nitro benzene ring substituents is 1. The number of rotatable bonds is 5. The first-order valence-electron chi connectivity index (χ1n) is 6.03. The van der Waals surface area contributed by atoms with E-state index in [1.165, 1.54) is 12.8 Å². The Morgan fingerprint density at radius 1 is 1.53 bits per heavy atom. The van der Waals surface area contributed by atoms with E-state index in [9.17, 15) is 10.1 Å². The summed E-state index contributed by atoms with van der Waals surface area (Å²) in [6, 6.07) is 5.87. The molecule has 0 bridgehead atoms. The minimum atomic E-state index is -0.276. The highest BCUT2D eigenvalue weighted by Crippen LogP contribution is 2.35. The zero-order valence-electron chi connectivity index (χ0n) is 10.3. The molecule has 0 aromatic heterocycles. The van der Waals surface area contributed by atoms with Crippen LogP contribution >= 0.6 is 0 Å². The zero-order chi connectivity index (χ0) is 12.4. The van der Waals surface area contributed by atoms with Gasteiger partial charge in [0.05, 0.1) is 4.92 Å². The molecule has 1 aliphatic rings. The summed E-state index contributed by atoms with van der Waals surface area (Å²) in [5.74, 6) is 0.695. The minimum Gasteiger partial charge on any atom is -0.316 e. The van der Waals surface area contributed by atoms with E-state index in [0.717, 1.165) is 17.5 Å². The molecule has 2 rings (SSSR count). The van der Waals surface area contributed by atoms with Crippen LogP contribution in [0.15, 0.2) is 18.2 Å². The van der Waals surface area contributed by atoms with Crippen molar-refractivity contribution < 1.29 is 4.92 Å². The van der Waals surface area contributed by atoms with Crippen LogP contribution in [0.1, 0.15) is 24.0 Å². The fourth-order valence-electron chi connectivity index (χ4n) is 2.26. The lowest BCUT2D eigenvalue weighted by atomic mass is 9.99. The van der Waals surface area contributed by atoms with Crippen LogP contribution < -0.4 is 5.32 Å². The fraction of sp³-hybridized carbons (Fsp3) is 0.538. The summed E-state index contributed by atoms with van der Waals surface area (Å²) in [6.07, 6.45) is 3.23. The van der Waals surface area contributed by atoms with E-state index in [2.05, 4.69) is 5.32 Å². The van der Waals surface area contributed by atoms with Crippen LogP contribution in [0.5, 0.6) is 0 Å². The van der Waals surface area contributed by atoms with Gasteiger partial charge in [-0.05, 0) is 44.7 Å². The van der Waals surface area contributed by atoms with Gasteiger partial charge in [0, 0.05) is 17.7 Å². The highest BCUT2D eigenvalue weighted by atomic mass is 16.6. The second kappa shape index (κ2) is 4.84. The molecule has 0 radical (unpaired) electrons. The van der Waals surface area contributed by atoms with Crippen molar-refractivity contribution in [2.45, 2.75) is 32.2 Å². The first-order valence-corrected chi connectivity index (χ1v) is 6.03. The first kappa shape index (κ1) is 12.0. The number of hydrogen-bond donors (Lipinski definition) is 1. The molecule has 1 atom stereocenters. The topological polar surface area (TPSA) is 55.2 Å². The first-order chi connectivity index (χ1) is 8.11. The van der Waals surface area contributed by atoms with Gasteiger partial charge in [-0.2, -0.15) is 0 Å². The maximum Gasteiger partial charge on any atom is 0.272 e. The van der Waals surface area contributed by atoms with Crippen LogP contribution in [0, 0.1) is 23.0 Å². The lowest BCUT2D eigenvalue weighted by molar-refractivity contribution is -0.385. The van der Waals surface area contributed by atoms with Crippen LogP contribution in [0.4, 0.5) is 5.69 Å². The van der Waals surface area contributed by atoms with Crippen LogP contribution in [-0.2, 0) is 6.42 Å². The van der Waals surface area contributed by atoms with Crippen molar-refractivity contribution in [1.29, 1.82) is 0 Å². The van der Waals surface area contributed by atoms with Gasteiger partial charge in [0.15, 0.2) is 0 Å². The quantitative estimate of drug-likeness (QED) is 0.629. The number of nitro groups is 1. The second-order valence-electron chi connectivity index (χ2n) is 4.83. The molecule has 1 aliphatic carbocycles. The summed E-state index contributed by atoms with van der Waals surface area (Å²) in [5.41, 5.74) is 2.03. The lowest BCUT2D eigenvalue weighted by Crippen LogP contribution is -2.29. The Kier molecular flexibility index (Phi) is 3.43. The molecule has 0 aliphatic heterocycles. The summed E-state index contributed by atoms with van der Waals surface area (Å²) in [6.45, 7) is 1.88. The molecular weight excluding hydrogens is 216 g/mol. The molecule has 1 N–H and O–H groups in total. The summed E-state index contributed by atoms with van der Waals surface area (Å²) >= 11 is 0. The van der Waals surface area contributed by atoms with Crippen molar-refractivity contribution in [3.8, 4) is 0 Å². The maximum absolute atomic E-state index is 11.0. The predicted molar refractivity (Wildman–Crippen MR) is 67.1 cm³/mol. The molecule has 1 unspecified atom stereocenters. The lowest BCUT2D eigenvalue weighted by Gasteiger charge is -2.15. The van der Waals surface area contributed by atoms with Gasteiger partial charge in [-0.1, -0.05) is 12.1 Å². The van der Waals surface area contributed by atoms with Crippen molar-refractivity contribution in [3.05, 3.63) is 39.4 Å². The molecule has 1 fully saturated rings. The monoisotopic (exact) mass is 234 g/mol. The van der Waals surface area contributed by atoms with Crippen LogP contribution in [0.3, 0.4) is 0 Å². The molecule has 4 nitrogen and oxygen atoms in total. The van der Waals surface area contributed by atoms with Gasteiger partial charge < -0.3 is 5.32 Å². The van der Waals surface area contributed by atoms with Gasteiger partial charge in [-0.25, -0.2) is 0 Å². The van der Waals surface area contributed by atoms with Crippen LogP contribution in [0.25, 0.3) is 0 Å². The van der Waals surface area contributed by atoms with Crippen LogP contribution in [0.2, 0.25) is 0 Å². The molecule has 17 heavy (non-hydrogen) atoms. The number of likely N-dealkylation sites (N-methyl/N-ethyl adjacent to an activating group) is 1. The molecule has 1 saturated carbocycles. The minimum absolute atomic E-state index is 0.255. The highest BCUT2D eigenvalue weighted by Gasteiger charge is 2.31. The van der Waals surface area contributed by atoms with Gasteiger partial charge in [0.1, 0.15) is 0 Å². The summed E-state index contributed by atoms with van der Waals surface area (Å²) < 4.78 is 0. The molecular formula is C13H18N2O2. The normalized spacial score (nSPS) is 16.8. The van der Waals surface area contributed by atoms with E-state index in [0.29, 0.717) is 12.0 Å². The highest BCUT2D eigenvalue weighted by molar-refractivity contribution is 5.43. The average molecular weight is 234 g/mol. The smallest absolute Gasteiger partial charge is 0.272 e. The molecule has 0 spiro atoms. The number of benzene rings is 1. The summed E-state index contributed by atoms with van der Waals surface area (Å²) in [5, 5.41) is 14.3. The van der Waals surface area contributed by atoms with Crippen molar-refractivity contribution in [2.24, 2.45) is 5.92 Å². The third-order valence-electron chi connectivity index (χ3n) is 3.44. The van der Waals surface area contributed by atoms with Gasteiger partial charge in [-0.15, -0.1) is 0 Å².